The van der Waals surface area contributed by atoms with Gasteiger partial charge >= 0.3 is 0 Å². The van der Waals surface area contributed by atoms with Gasteiger partial charge in [-0.15, -0.1) is 0 Å². The van der Waals surface area contributed by atoms with Crippen molar-refractivity contribution in [3.05, 3.63) is 54.0 Å². The predicted octanol–water partition coefficient (Wildman–Crippen LogP) is 1.22. The Morgan fingerprint density at radius 2 is 1.78 bits per heavy atom. The number of rotatable bonds is 8. The number of carbonyl (C=O) groups excluding carboxylic acids is 4. The molecule has 4 amide bonds. The maximum Gasteiger partial charge on any atom is 0.289 e. The van der Waals surface area contributed by atoms with Crippen LogP contribution in [0.25, 0.3) is 0 Å². The van der Waals surface area contributed by atoms with Gasteiger partial charge < -0.3 is 23.9 Å². The zero-order valence-electron chi connectivity index (χ0n) is 20.9. The predicted molar refractivity (Wildman–Crippen MR) is 130 cm³/mol. The molecule has 0 bridgehead atoms. The summed E-state index contributed by atoms with van der Waals surface area (Å²) in [6, 6.07) is 10.3. The van der Waals surface area contributed by atoms with E-state index in [1.807, 2.05) is 19.0 Å². The highest BCUT2D eigenvalue weighted by Gasteiger charge is 2.54. The highest BCUT2D eigenvalue weighted by molar-refractivity contribution is 6.10. The Balaban J connectivity index is 1.53. The van der Waals surface area contributed by atoms with Crippen LogP contribution in [-0.2, 0) is 19.8 Å². The fourth-order valence-corrected chi connectivity index (χ4v) is 4.80. The number of nitrogens with zero attached hydrogens (tertiary/aromatic N) is 4. The topological polar surface area (TPSA) is 104 Å². The number of piperazine rings is 1. The van der Waals surface area contributed by atoms with E-state index >= 15 is 0 Å². The molecule has 10 nitrogen and oxygen atoms in total. The number of likely N-dealkylation sites (tertiary alicyclic amines) is 1. The number of furan rings is 1. The Hall–Kier alpha value is -3.66. The molecule has 4 rings (SSSR count). The van der Waals surface area contributed by atoms with Gasteiger partial charge in [0.1, 0.15) is 5.75 Å². The van der Waals surface area contributed by atoms with Crippen LogP contribution in [0, 0.1) is 0 Å². The summed E-state index contributed by atoms with van der Waals surface area (Å²) in [5.41, 5.74) is -0.705. The molecule has 1 unspecified atom stereocenters. The molecule has 2 aliphatic heterocycles. The van der Waals surface area contributed by atoms with Crippen LogP contribution in [0.4, 0.5) is 0 Å². The monoisotopic (exact) mass is 496 g/mol. The van der Waals surface area contributed by atoms with E-state index in [9.17, 15) is 19.2 Å². The Kier molecular flexibility index (Phi) is 7.44. The zero-order valence-corrected chi connectivity index (χ0v) is 20.9. The smallest absolute Gasteiger partial charge is 0.289 e. The van der Waals surface area contributed by atoms with Crippen molar-refractivity contribution in [2.24, 2.45) is 0 Å². The number of hydrogen-bond acceptors (Lipinski definition) is 7. The van der Waals surface area contributed by atoms with Crippen molar-refractivity contribution >= 4 is 23.6 Å². The molecule has 0 radical (unpaired) electrons. The first-order valence-electron chi connectivity index (χ1n) is 12.0. The van der Waals surface area contributed by atoms with Gasteiger partial charge in [0.25, 0.3) is 5.91 Å². The number of ether oxygens (including phenoxy) is 1. The average Bonchev–Trinajstić information content (AvgIpc) is 3.50. The number of carbonyl (C=O) groups is 4. The van der Waals surface area contributed by atoms with Gasteiger partial charge in [-0.3, -0.25) is 24.1 Å². The average molecular weight is 497 g/mol. The lowest BCUT2D eigenvalue weighted by Gasteiger charge is -2.36. The molecule has 2 aliphatic rings. The summed E-state index contributed by atoms with van der Waals surface area (Å²) in [7, 11) is 5.28. The molecule has 192 valence electrons. The minimum atomic E-state index is -1.30. The fourth-order valence-electron chi connectivity index (χ4n) is 4.80. The van der Waals surface area contributed by atoms with Gasteiger partial charge in [-0.2, -0.15) is 0 Å². The number of likely N-dealkylation sites (N-methyl/N-ethyl adjacent to an activating group) is 1. The summed E-state index contributed by atoms with van der Waals surface area (Å²) < 4.78 is 10.6. The molecular weight excluding hydrogens is 464 g/mol. The highest BCUT2D eigenvalue weighted by atomic mass is 16.5. The summed E-state index contributed by atoms with van der Waals surface area (Å²) in [5, 5.41) is 0. The molecule has 2 fully saturated rings. The van der Waals surface area contributed by atoms with Crippen LogP contribution >= 0.6 is 0 Å². The maximum atomic E-state index is 13.8. The molecule has 36 heavy (non-hydrogen) atoms. The van der Waals surface area contributed by atoms with E-state index in [0.29, 0.717) is 44.0 Å². The van der Waals surface area contributed by atoms with Crippen LogP contribution in [0.2, 0.25) is 0 Å². The van der Waals surface area contributed by atoms with Crippen molar-refractivity contribution in [1.29, 1.82) is 0 Å². The minimum Gasteiger partial charge on any atom is -0.497 e. The van der Waals surface area contributed by atoms with Crippen LogP contribution in [0.15, 0.2) is 47.1 Å². The van der Waals surface area contributed by atoms with E-state index in [1.54, 1.807) is 46.2 Å². The van der Waals surface area contributed by atoms with Crippen LogP contribution < -0.4 is 4.74 Å². The molecule has 3 heterocycles. The lowest BCUT2D eigenvalue weighted by molar-refractivity contribution is -0.143. The minimum absolute atomic E-state index is 0.0743. The quantitative estimate of drug-likeness (QED) is 0.506. The van der Waals surface area contributed by atoms with Gasteiger partial charge in [0.2, 0.25) is 17.7 Å². The lowest BCUT2D eigenvalue weighted by Crippen LogP contribution is -2.52. The van der Waals surface area contributed by atoms with Gasteiger partial charge in [-0.1, -0.05) is 12.1 Å². The first kappa shape index (κ1) is 25.4. The Morgan fingerprint density at radius 3 is 2.42 bits per heavy atom. The van der Waals surface area contributed by atoms with Gasteiger partial charge in [-0.25, -0.2) is 0 Å². The molecule has 1 aromatic heterocycles. The fraction of sp³-hybridized carbons (Fsp3) is 0.462. The van der Waals surface area contributed by atoms with Crippen molar-refractivity contribution in [3.8, 4) is 5.75 Å². The van der Waals surface area contributed by atoms with E-state index in [-0.39, 0.29) is 48.8 Å². The van der Waals surface area contributed by atoms with E-state index in [2.05, 4.69) is 0 Å². The summed E-state index contributed by atoms with van der Waals surface area (Å²) in [4.78, 5) is 59.3. The number of amides is 4. The third-order valence-electron chi connectivity index (χ3n) is 6.91. The molecule has 0 saturated carbocycles. The second-order valence-electron chi connectivity index (χ2n) is 9.47. The van der Waals surface area contributed by atoms with Crippen molar-refractivity contribution < 1.29 is 28.3 Å². The van der Waals surface area contributed by atoms with Gasteiger partial charge in [0.05, 0.1) is 18.8 Å². The van der Waals surface area contributed by atoms with Gasteiger partial charge in [-0.05, 0) is 43.9 Å². The summed E-state index contributed by atoms with van der Waals surface area (Å²) in [6.45, 7) is 2.19. The first-order valence-corrected chi connectivity index (χ1v) is 12.0. The Morgan fingerprint density at radius 1 is 1.06 bits per heavy atom. The van der Waals surface area contributed by atoms with Crippen LogP contribution in [-0.4, -0.2) is 104 Å². The normalized spacial score (nSPS) is 20.4. The summed E-state index contributed by atoms with van der Waals surface area (Å²) in [5.74, 6) is -0.267. The molecule has 1 aromatic carbocycles. The largest absolute Gasteiger partial charge is 0.497 e. The molecule has 0 spiro atoms. The van der Waals surface area contributed by atoms with Crippen LogP contribution in [0.1, 0.15) is 29.0 Å². The second-order valence-corrected chi connectivity index (χ2v) is 9.47. The van der Waals surface area contributed by atoms with E-state index < -0.39 is 5.41 Å². The molecule has 0 N–H and O–H groups in total. The van der Waals surface area contributed by atoms with Crippen molar-refractivity contribution in [2.45, 2.75) is 18.3 Å². The molecule has 2 aromatic rings. The standard InChI is InChI=1S/C26H32N4O6/c1-27(2)9-14-30-23(32)18-26(25(30)34,19-6-4-7-20(16-19)35-3)17-22(31)28-10-12-29(13-11-28)24(33)21-8-5-15-36-21/h4-8,15-16H,9-14,17-18H2,1-3H3. The molecule has 0 aliphatic carbocycles. The van der Waals surface area contributed by atoms with Crippen LogP contribution in [0.3, 0.4) is 0 Å². The third kappa shape index (κ3) is 4.99. The molecule has 10 heteroatoms. The Bertz CT molecular complexity index is 1120. The summed E-state index contributed by atoms with van der Waals surface area (Å²) >= 11 is 0. The highest BCUT2D eigenvalue weighted by Crippen LogP contribution is 2.41. The molecule has 1 atom stereocenters. The number of imide groups is 1. The first-order chi connectivity index (χ1) is 17.2. The number of hydrogen-bond donors (Lipinski definition) is 0. The molecule has 2 saturated heterocycles. The van der Waals surface area contributed by atoms with Crippen LogP contribution in [0.5, 0.6) is 5.75 Å². The van der Waals surface area contributed by atoms with E-state index in [0.717, 1.165) is 0 Å². The number of methoxy groups -OCH3 is 1. The van der Waals surface area contributed by atoms with Crippen molar-refractivity contribution in [3.63, 3.8) is 0 Å². The SMILES string of the molecule is COc1cccc(C2(CC(=O)N3CCN(C(=O)c4ccco4)CC3)CC(=O)N(CCN(C)C)C2=O)c1. The maximum absolute atomic E-state index is 13.8. The zero-order chi connectivity index (χ0) is 25.9. The van der Waals surface area contributed by atoms with Crippen molar-refractivity contribution in [2.75, 3.05) is 60.5 Å². The second kappa shape index (κ2) is 10.5. The summed E-state index contributed by atoms with van der Waals surface area (Å²) in [6.07, 6.45) is 1.25. The Labute approximate surface area is 210 Å². The van der Waals surface area contributed by atoms with Crippen molar-refractivity contribution in [1.82, 2.24) is 19.6 Å². The lowest BCUT2D eigenvalue weighted by atomic mass is 9.75. The van der Waals surface area contributed by atoms with E-state index in [1.165, 1.54) is 18.3 Å². The number of benzene rings is 1. The third-order valence-corrected chi connectivity index (χ3v) is 6.91. The van der Waals surface area contributed by atoms with Gasteiger partial charge in [0.15, 0.2) is 5.76 Å². The van der Waals surface area contributed by atoms with Gasteiger partial charge in [0, 0.05) is 52.1 Å². The molecular formula is C26H32N4O6. The van der Waals surface area contributed by atoms with E-state index in [4.69, 9.17) is 9.15 Å².